The van der Waals surface area contributed by atoms with Gasteiger partial charge in [-0.05, 0) is 25.1 Å². The number of esters is 1. The molecule has 0 atom stereocenters. The highest BCUT2D eigenvalue weighted by molar-refractivity contribution is 6.15. The highest BCUT2D eigenvalue weighted by atomic mass is 16.5. The number of pyridine rings is 1. The first-order valence-electron chi connectivity index (χ1n) is 9.30. The fourth-order valence-corrected chi connectivity index (χ4v) is 3.39. The minimum absolute atomic E-state index is 0.269. The third kappa shape index (κ3) is 3.52. The molecule has 0 bridgehead atoms. The Kier molecular flexibility index (Phi) is 5.15. The summed E-state index contributed by atoms with van der Waals surface area (Å²) in [5.41, 5.74) is 1.91. The molecular formula is C21H21N3O4. The SMILES string of the molecule is CCOC(=O)c1c[nH]c2c(=O)[nH]c3ccc(C#CCN4CCOCC4)cc3c12. The standard InChI is InChI=1S/C21H21N3O4/c1-2-28-21(26)16-13-22-19-18(16)15-12-14(5-6-17(15)23-20(19)25)4-3-7-24-8-10-27-11-9-24/h5-6,12-13,22H,2,7-11H2,1H3,(H,23,25). The van der Waals surface area contributed by atoms with Crippen LogP contribution in [0.15, 0.2) is 29.2 Å². The van der Waals surface area contributed by atoms with Crippen molar-refractivity contribution in [1.82, 2.24) is 14.9 Å². The van der Waals surface area contributed by atoms with Crippen LogP contribution < -0.4 is 5.56 Å². The van der Waals surface area contributed by atoms with Gasteiger partial charge < -0.3 is 19.4 Å². The number of carbonyl (C=O) groups is 1. The zero-order chi connectivity index (χ0) is 19.5. The van der Waals surface area contributed by atoms with Crippen LogP contribution in [-0.4, -0.2) is 60.3 Å². The van der Waals surface area contributed by atoms with E-state index < -0.39 is 5.97 Å². The molecule has 3 heterocycles. The first-order chi connectivity index (χ1) is 13.7. The summed E-state index contributed by atoms with van der Waals surface area (Å²) in [5, 5.41) is 1.33. The summed E-state index contributed by atoms with van der Waals surface area (Å²) in [7, 11) is 0. The van der Waals surface area contributed by atoms with Crippen molar-refractivity contribution in [1.29, 1.82) is 0 Å². The maximum absolute atomic E-state index is 12.3. The number of benzene rings is 1. The quantitative estimate of drug-likeness (QED) is 0.536. The molecule has 0 unspecified atom stereocenters. The van der Waals surface area contributed by atoms with Gasteiger partial charge in [0.15, 0.2) is 0 Å². The van der Waals surface area contributed by atoms with Gasteiger partial charge in [0, 0.05) is 41.1 Å². The van der Waals surface area contributed by atoms with Gasteiger partial charge in [0.2, 0.25) is 0 Å². The third-order valence-electron chi connectivity index (χ3n) is 4.78. The topological polar surface area (TPSA) is 87.4 Å². The van der Waals surface area contributed by atoms with Crippen LogP contribution in [-0.2, 0) is 9.47 Å². The van der Waals surface area contributed by atoms with E-state index in [2.05, 4.69) is 26.7 Å². The summed E-state index contributed by atoms with van der Waals surface area (Å²) < 4.78 is 10.5. The first kappa shape index (κ1) is 18.3. The number of nitrogens with one attached hydrogen (secondary N) is 2. The molecule has 0 aliphatic carbocycles. The van der Waals surface area contributed by atoms with Crippen LogP contribution in [0, 0.1) is 11.8 Å². The maximum Gasteiger partial charge on any atom is 0.340 e. The average Bonchev–Trinajstić information content (AvgIpc) is 3.16. The Balaban J connectivity index is 1.74. The van der Waals surface area contributed by atoms with Crippen molar-refractivity contribution in [3.63, 3.8) is 0 Å². The van der Waals surface area contributed by atoms with Gasteiger partial charge in [-0.25, -0.2) is 4.79 Å². The summed E-state index contributed by atoms with van der Waals surface area (Å²) in [6.45, 7) is 5.96. The van der Waals surface area contributed by atoms with Crippen molar-refractivity contribution >= 4 is 27.8 Å². The van der Waals surface area contributed by atoms with Gasteiger partial charge in [-0.1, -0.05) is 11.8 Å². The van der Waals surface area contributed by atoms with Gasteiger partial charge in [-0.15, -0.1) is 0 Å². The van der Waals surface area contributed by atoms with Crippen LogP contribution in [0.2, 0.25) is 0 Å². The fraction of sp³-hybridized carbons (Fsp3) is 0.333. The zero-order valence-electron chi connectivity index (χ0n) is 15.6. The Bertz CT molecular complexity index is 1140. The minimum atomic E-state index is -0.454. The Hall–Kier alpha value is -3.08. The molecule has 3 aromatic rings. The highest BCUT2D eigenvalue weighted by Crippen LogP contribution is 2.26. The molecule has 1 aliphatic heterocycles. The maximum atomic E-state index is 12.3. The molecule has 4 rings (SSSR count). The monoisotopic (exact) mass is 379 g/mol. The lowest BCUT2D eigenvalue weighted by molar-refractivity contribution is 0.0443. The molecule has 0 amide bonds. The van der Waals surface area contributed by atoms with Crippen LogP contribution >= 0.6 is 0 Å². The van der Waals surface area contributed by atoms with Crippen LogP contribution in [0.1, 0.15) is 22.8 Å². The van der Waals surface area contributed by atoms with Crippen molar-refractivity contribution in [2.45, 2.75) is 6.92 Å². The normalized spacial score (nSPS) is 14.8. The van der Waals surface area contributed by atoms with Crippen molar-refractivity contribution in [3.8, 4) is 11.8 Å². The lowest BCUT2D eigenvalue weighted by Gasteiger charge is -2.24. The summed E-state index contributed by atoms with van der Waals surface area (Å²) >= 11 is 0. The van der Waals surface area contributed by atoms with E-state index >= 15 is 0 Å². The number of fused-ring (bicyclic) bond motifs is 3. The number of carbonyl (C=O) groups excluding carboxylic acids is 1. The number of ether oxygens (including phenoxy) is 2. The van der Waals surface area contributed by atoms with Gasteiger partial charge in [-0.3, -0.25) is 9.69 Å². The lowest BCUT2D eigenvalue weighted by atomic mass is 10.0. The Morgan fingerprint density at radius 3 is 2.93 bits per heavy atom. The molecule has 0 saturated carbocycles. The van der Waals surface area contributed by atoms with Crippen LogP contribution in [0.3, 0.4) is 0 Å². The summed E-state index contributed by atoms with van der Waals surface area (Å²) in [6.07, 6.45) is 1.52. The number of nitrogens with zero attached hydrogens (tertiary/aromatic N) is 1. The molecule has 7 nitrogen and oxygen atoms in total. The number of rotatable bonds is 3. The molecule has 1 aromatic carbocycles. The van der Waals surface area contributed by atoms with Gasteiger partial charge in [0.05, 0.1) is 31.9 Å². The molecule has 28 heavy (non-hydrogen) atoms. The predicted molar refractivity (Wildman–Crippen MR) is 107 cm³/mol. The van der Waals surface area contributed by atoms with Crippen LogP contribution in [0.4, 0.5) is 0 Å². The molecule has 1 aliphatic rings. The molecule has 2 aromatic heterocycles. The molecule has 0 spiro atoms. The van der Waals surface area contributed by atoms with E-state index in [1.165, 1.54) is 6.20 Å². The van der Waals surface area contributed by atoms with Gasteiger partial charge in [-0.2, -0.15) is 0 Å². The largest absolute Gasteiger partial charge is 0.462 e. The van der Waals surface area contributed by atoms with E-state index in [4.69, 9.17) is 9.47 Å². The number of H-pyrrole nitrogens is 2. The number of hydrogen-bond donors (Lipinski definition) is 2. The third-order valence-corrected chi connectivity index (χ3v) is 4.78. The summed E-state index contributed by atoms with van der Waals surface area (Å²) in [6, 6.07) is 5.58. The lowest BCUT2D eigenvalue weighted by Crippen LogP contribution is -2.36. The van der Waals surface area contributed by atoms with Gasteiger partial charge >= 0.3 is 5.97 Å². The smallest absolute Gasteiger partial charge is 0.340 e. The van der Waals surface area contributed by atoms with E-state index in [1.807, 2.05) is 18.2 Å². The second-order valence-electron chi connectivity index (χ2n) is 6.58. The van der Waals surface area contributed by atoms with Gasteiger partial charge in [0.1, 0.15) is 5.52 Å². The van der Waals surface area contributed by atoms with E-state index in [1.54, 1.807) is 6.92 Å². The van der Waals surface area contributed by atoms with E-state index in [0.29, 0.717) is 28.5 Å². The molecule has 0 radical (unpaired) electrons. The number of hydrogen-bond acceptors (Lipinski definition) is 5. The second-order valence-corrected chi connectivity index (χ2v) is 6.58. The van der Waals surface area contributed by atoms with E-state index in [-0.39, 0.29) is 12.2 Å². The second kappa shape index (κ2) is 7.89. The zero-order valence-corrected chi connectivity index (χ0v) is 15.6. The highest BCUT2D eigenvalue weighted by Gasteiger charge is 2.18. The number of aromatic nitrogens is 2. The van der Waals surface area contributed by atoms with Crippen LogP contribution in [0.25, 0.3) is 21.8 Å². The fourth-order valence-electron chi connectivity index (χ4n) is 3.39. The summed E-state index contributed by atoms with van der Waals surface area (Å²) in [5.74, 6) is 5.92. The van der Waals surface area contributed by atoms with Crippen LogP contribution in [0.5, 0.6) is 0 Å². The Morgan fingerprint density at radius 1 is 1.32 bits per heavy atom. The number of morpholine rings is 1. The molecule has 2 N–H and O–H groups in total. The Labute approximate surface area is 161 Å². The molecule has 1 saturated heterocycles. The van der Waals surface area contributed by atoms with Gasteiger partial charge in [0.25, 0.3) is 5.56 Å². The average molecular weight is 379 g/mol. The first-order valence-corrected chi connectivity index (χ1v) is 9.30. The van der Waals surface area contributed by atoms with E-state index in [0.717, 1.165) is 37.3 Å². The minimum Gasteiger partial charge on any atom is -0.462 e. The molecule has 144 valence electrons. The summed E-state index contributed by atoms with van der Waals surface area (Å²) in [4.78, 5) is 32.6. The van der Waals surface area contributed by atoms with Crippen molar-refractivity contribution in [2.75, 3.05) is 39.5 Å². The molecule has 7 heteroatoms. The predicted octanol–water partition coefficient (Wildman–Crippen LogP) is 1.87. The van der Waals surface area contributed by atoms with E-state index in [9.17, 15) is 9.59 Å². The molecule has 1 fully saturated rings. The van der Waals surface area contributed by atoms with Crippen molar-refractivity contribution in [3.05, 3.63) is 45.9 Å². The van der Waals surface area contributed by atoms with Crippen molar-refractivity contribution < 1.29 is 14.3 Å². The van der Waals surface area contributed by atoms with Crippen molar-refractivity contribution in [2.24, 2.45) is 0 Å². The number of aromatic amines is 2. The Morgan fingerprint density at radius 2 is 2.14 bits per heavy atom. The molecular weight excluding hydrogens is 358 g/mol.